The number of nitrogens with one attached hydrogen (secondary N) is 2. The molecule has 5 N–H and O–H groups in total. The van der Waals surface area contributed by atoms with E-state index in [0.29, 0.717) is 30.7 Å². The van der Waals surface area contributed by atoms with Crippen molar-refractivity contribution >= 4 is 33.7 Å². The second-order valence-electron chi connectivity index (χ2n) is 6.89. The fourth-order valence-electron chi connectivity index (χ4n) is 4.23. The second-order valence-corrected chi connectivity index (χ2v) is 7.80. The molecule has 3 rings (SSSR count). The number of rotatable bonds is 7. The van der Waals surface area contributed by atoms with Crippen molar-refractivity contribution in [2.75, 3.05) is 13.7 Å². The maximum atomic E-state index is 12.5. The summed E-state index contributed by atoms with van der Waals surface area (Å²) in [5.74, 6) is -3.46. The first-order valence-electron chi connectivity index (χ1n) is 8.75. The molecule has 2 aliphatic heterocycles. The molecule has 0 aliphatic carbocycles. The van der Waals surface area contributed by atoms with E-state index < -0.39 is 41.2 Å². The number of fused-ring (bicyclic) bond motifs is 1. The molecule has 1 aromatic rings. The third kappa shape index (κ3) is 3.24. The molecule has 146 valence electrons. The van der Waals surface area contributed by atoms with Gasteiger partial charge in [-0.2, -0.15) is 0 Å². The first kappa shape index (κ1) is 19.8. The van der Waals surface area contributed by atoms with Crippen LogP contribution in [-0.2, 0) is 14.4 Å². The van der Waals surface area contributed by atoms with Crippen LogP contribution in [0.5, 0.6) is 5.75 Å². The van der Waals surface area contributed by atoms with E-state index in [0.717, 1.165) is 4.47 Å². The summed E-state index contributed by atoms with van der Waals surface area (Å²) in [6.45, 7) is 0.428. The number of methoxy groups -OCH3 is 1. The van der Waals surface area contributed by atoms with Crippen molar-refractivity contribution in [1.82, 2.24) is 10.6 Å². The van der Waals surface area contributed by atoms with E-state index >= 15 is 0 Å². The highest BCUT2D eigenvalue weighted by molar-refractivity contribution is 9.10. The molecule has 9 heteroatoms. The maximum absolute atomic E-state index is 12.5. The lowest BCUT2D eigenvalue weighted by atomic mass is 9.76. The topological polar surface area (TPSA) is 131 Å². The van der Waals surface area contributed by atoms with Gasteiger partial charge in [-0.3, -0.25) is 25.0 Å². The number of halogens is 1. The predicted molar refractivity (Wildman–Crippen MR) is 100.0 cm³/mol. The lowest BCUT2D eigenvalue weighted by Crippen LogP contribution is -2.55. The minimum Gasteiger partial charge on any atom is -0.496 e. The molecular weight excluding hydrogens is 418 g/mol. The highest BCUT2D eigenvalue weighted by Gasteiger charge is 2.66. The Balaban J connectivity index is 2.09. The lowest BCUT2D eigenvalue weighted by Gasteiger charge is -2.30. The van der Waals surface area contributed by atoms with Gasteiger partial charge in [0, 0.05) is 16.1 Å². The van der Waals surface area contributed by atoms with E-state index in [1.165, 1.54) is 7.11 Å². The van der Waals surface area contributed by atoms with E-state index in [-0.39, 0.29) is 6.42 Å². The fourth-order valence-corrected chi connectivity index (χ4v) is 4.60. The second kappa shape index (κ2) is 7.57. The van der Waals surface area contributed by atoms with Gasteiger partial charge in [0.15, 0.2) is 0 Å². The molecule has 4 unspecified atom stereocenters. The molecule has 1 aromatic carbocycles. The molecule has 4 atom stereocenters. The first-order valence-corrected chi connectivity index (χ1v) is 9.54. The van der Waals surface area contributed by atoms with E-state index in [1.54, 1.807) is 18.2 Å². The number of carbonyl (C=O) groups is 3. The van der Waals surface area contributed by atoms with Crippen LogP contribution in [-0.4, -0.2) is 42.1 Å². The number of benzene rings is 1. The minimum absolute atomic E-state index is 0.203. The van der Waals surface area contributed by atoms with Crippen LogP contribution in [0.1, 0.15) is 30.9 Å². The monoisotopic (exact) mass is 439 g/mol. The normalized spacial score (nSPS) is 29.5. The SMILES string of the molecule is COc1ccc(Br)cc1C1NC(CCCCN)(C(=O)O)C2C(=O)NC(=O)C12. The quantitative estimate of drug-likeness (QED) is 0.367. The molecule has 27 heavy (non-hydrogen) atoms. The third-order valence-electron chi connectivity index (χ3n) is 5.43. The highest BCUT2D eigenvalue weighted by atomic mass is 79.9. The summed E-state index contributed by atoms with van der Waals surface area (Å²) < 4.78 is 6.17. The van der Waals surface area contributed by atoms with Crippen LogP contribution in [0.2, 0.25) is 0 Å². The number of nitrogens with two attached hydrogens (primary N) is 1. The Morgan fingerprint density at radius 3 is 2.70 bits per heavy atom. The number of aliphatic carboxylic acids is 1. The number of hydrogen-bond donors (Lipinski definition) is 4. The highest BCUT2D eigenvalue weighted by Crippen LogP contribution is 2.50. The van der Waals surface area contributed by atoms with Crippen molar-refractivity contribution in [2.24, 2.45) is 17.6 Å². The van der Waals surface area contributed by atoms with Crippen molar-refractivity contribution in [1.29, 1.82) is 0 Å². The molecule has 2 saturated heterocycles. The number of hydrogen-bond acceptors (Lipinski definition) is 6. The number of carboxylic acid groups (broad SMARTS) is 1. The van der Waals surface area contributed by atoms with Crippen LogP contribution in [0.15, 0.2) is 22.7 Å². The number of unbranched alkanes of at least 4 members (excludes halogenated alkanes) is 1. The zero-order chi connectivity index (χ0) is 19.8. The first-order chi connectivity index (χ1) is 12.9. The Hall–Kier alpha value is -1.97. The summed E-state index contributed by atoms with van der Waals surface area (Å²) in [6.07, 6.45) is 1.37. The lowest BCUT2D eigenvalue weighted by molar-refractivity contribution is -0.149. The van der Waals surface area contributed by atoms with Crippen molar-refractivity contribution in [2.45, 2.75) is 30.8 Å². The van der Waals surface area contributed by atoms with E-state index in [9.17, 15) is 19.5 Å². The molecule has 0 bridgehead atoms. The number of amides is 2. The Bertz CT molecular complexity index is 786. The maximum Gasteiger partial charge on any atom is 0.324 e. The van der Waals surface area contributed by atoms with Crippen LogP contribution < -0.4 is 21.1 Å². The van der Waals surface area contributed by atoms with Crippen molar-refractivity contribution in [3.8, 4) is 5.75 Å². The Morgan fingerprint density at radius 1 is 1.33 bits per heavy atom. The standard InChI is InChI=1S/C18H22BrN3O5/c1-27-11-5-4-9(19)8-10(11)14-12-13(16(24)21-15(12)23)18(22-14,17(25)26)6-2-3-7-20/h4-5,8,12-14,22H,2-3,6-7,20H2,1H3,(H,25,26)(H,21,23,24). The Morgan fingerprint density at radius 2 is 2.07 bits per heavy atom. The largest absolute Gasteiger partial charge is 0.496 e. The fraction of sp³-hybridized carbons (Fsp3) is 0.500. The van der Waals surface area contributed by atoms with Gasteiger partial charge in [0.2, 0.25) is 11.8 Å². The van der Waals surface area contributed by atoms with E-state index in [4.69, 9.17) is 10.5 Å². The summed E-state index contributed by atoms with van der Waals surface area (Å²) in [6, 6.07) is 4.64. The molecule has 0 spiro atoms. The number of imide groups is 1. The average molecular weight is 440 g/mol. The average Bonchev–Trinajstić information content (AvgIpc) is 3.13. The van der Waals surface area contributed by atoms with Gasteiger partial charge in [-0.05, 0) is 44.0 Å². The van der Waals surface area contributed by atoms with Gasteiger partial charge < -0.3 is 15.6 Å². The summed E-state index contributed by atoms with van der Waals surface area (Å²) in [5.41, 5.74) is 4.64. The van der Waals surface area contributed by atoms with Gasteiger partial charge in [-0.15, -0.1) is 0 Å². The summed E-state index contributed by atoms with van der Waals surface area (Å²) in [4.78, 5) is 37.3. The Labute approximate surface area is 164 Å². The van der Waals surface area contributed by atoms with Gasteiger partial charge >= 0.3 is 5.97 Å². The van der Waals surface area contributed by atoms with Crippen LogP contribution in [0, 0.1) is 11.8 Å². The summed E-state index contributed by atoms with van der Waals surface area (Å²) in [7, 11) is 1.50. The van der Waals surface area contributed by atoms with Crippen molar-refractivity contribution < 1.29 is 24.2 Å². The van der Waals surface area contributed by atoms with Crippen LogP contribution >= 0.6 is 15.9 Å². The van der Waals surface area contributed by atoms with E-state index in [2.05, 4.69) is 26.6 Å². The molecule has 2 amide bonds. The zero-order valence-corrected chi connectivity index (χ0v) is 16.4. The minimum atomic E-state index is -1.53. The Kier molecular flexibility index (Phi) is 5.55. The van der Waals surface area contributed by atoms with Crippen molar-refractivity contribution in [3.63, 3.8) is 0 Å². The molecule has 8 nitrogen and oxygen atoms in total. The third-order valence-corrected chi connectivity index (χ3v) is 5.92. The van der Waals surface area contributed by atoms with Crippen molar-refractivity contribution in [3.05, 3.63) is 28.2 Å². The van der Waals surface area contributed by atoms with Gasteiger partial charge in [0.05, 0.1) is 18.9 Å². The molecule has 0 radical (unpaired) electrons. The van der Waals surface area contributed by atoms with Gasteiger partial charge in [0.25, 0.3) is 0 Å². The van der Waals surface area contributed by atoms with Crippen LogP contribution in [0.4, 0.5) is 0 Å². The van der Waals surface area contributed by atoms with Gasteiger partial charge in [0.1, 0.15) is 11.3 Å². The van der Waals surface area contributed by atoms with Gasteiger partial charge in [-0.25, -0.2) is 0 Å². The van der Waals surface area contributed by atoms with Crippen LogP contribution in [0.25, 0.3) is 0 Å². The molecule has 2 heterocycles. The molecule has 2 aliphatic rings. The molecule has 0 aromatic heterocycles. The number of carbonyl (C=O) groups excluding carboxylic acids is 2. The predicted octanol–water partition coefficient (Wildman–Crippen LogP) is 0.943. The zero-order valence-electron chi connectivity index (χ0n) is 14.8. The summed E-state index contributed by atoms with van der Waals surface area (Å²) >= 11 is 3.40. The molecule has 2 fully saturated rings. The van der Waals surface area contributed by atoms with Gasteiger partial charge in [-0.1, -0.05) is 15.9 Å². The molecule has 0 saturated carbocycles. The number of ether oxygens (including phenoxy) is 1. The summed E-state index contributed by atoms with van der Waals surface area (Å²) in [5, 5.41) is 15.5. The van der Waals surface area contributed by atoms with E-state index in [1.807, 2.05) is 0 Å². The van der Waals surface area contributed by atoms with Crippen LogP contribution in [0.3, 0.4) is 0 Å². The smallest absolute Gasteiger partial charge is 0.324 e. The number of carboxylic acids is 1. The molecular formula is C18H22BrN3O5.